The number of hydrogen-bond acceptors (Lipinski definition) is 8. The van der Waals surface area contributed by atoms with E-state index in [2.05, 4.69) is 14.8 Å². The van der Waals surface area contributed by atoms with Crippen LogP contribution in [0.2, 0.25) is 5.02 Å². The number of aromatic nitrogens is 3. The summed E-state index contributed by atoms with van der Waals surface area (Å²) in [5.41, 5.74) is 1.69. The van der Waals surface area contributed by atoms with Gasteiger partial charge in [0.15, 0.2) is 11.5 Å². The van der Waals surface area contributed by atoms with Gasteiger partial charge in [0.2, 0.25) is 5.91 Å². The Labute approximate surface area is 188 Å². The summed E-state index contributed by atoms with van der Waals surface area (Å²) in [6, 6.07) is 5.14. The number of esters is 2. The quantitative estimate of drug-likeness (QED) is 0.350. The van der Waals surface area contributed by atoms with Gasteiger partial charge in [0.05, 0.1) is 41.3 Å². The van der Waals surface area contributed by atoms with E-state index in [0.717, 1.165) is 11.4 Å². The predicted molar refractivity (Wildman–Crippen MR) is 115 cm³/mol. The fraction of sp³-hybridized carbons (Fsp3) is 0.350. The van der Waals surface area contributed by atoms with Gasteiger partial charge in [-0.15, -0.1) is 0 Å². The van der Waals surface area contributed by atoms with Gasteiger partial charge in [-0.25, -0.2) is 19.3 Å². The number of thioether (sulfide) groups is 1. The lowest BCUT2D eigenvalue weighted by molar-refractivity contribution is -0.134. The Balaban J connectivity index is 1.60. The third-order valence-electron chi connectivity index (χ3n) is 4.36. The van der Waals surface area contributed by atoms with Crippen molar-refractivity contribution in [1.82, 2.24) is 19.7 Å². The van der Waals surface area contributed by atoms with E-state index in [4.69, 9.17) is 16.3 Å². The zero-order valence-corrected chi connectivity index (χ0v) is 18.8. The molecular weight excluding hydrogens is 444 g/mol. The molecule has 1 fully saturated rings. The summed E-state index contributed by atoms with van der Waals surface area (Å²) >= 11 is 7.40. The molecule has 1 saturated heterocycles. The maximum atomic E-state index is 12.5. The van der Waals surface area contributed by atoms with Crippen LogP contribution in [0.15, 0.2) is 29.3 Å². The lowest BCUT2D eigenvalue weighted by Crippen LogP contribution is -2.27. The van der Waals surface area contributed by atoms with Gasteiger partial charge in [-0.2, -0.15) is 5.10 Å². The standard InChI is InChI=1S/C20H21ClN4O5S/c1-12-9-13(2)25(23-12)15-6-5-14(21)19(22-15)20(28)30-8-4-7-24-16(26)11-31-17(24)10-18(27)29-3/h5-6,9-10H,4,7-8,11H2,1-3H3/b17-10+. The number of ether oxygens (including phenoxy) is 2. The highest BCUT2D eigenvalue weighted by Crippen LogP contribution is 2.29. The third-order valence-corrected chi connectivity index (χ3v) is 5.69. The smallest absolute Gasteiger partial charge is 0.358 e. The number of pyridine rings is 1. The normalized spacial score (nSPS) is 14.9. The fourth-order valence-corrected chi connectivity index (χ4v) is 4.08. The molecule has 1 amide bonds. The maximum absolute atomic E-state index is 12.5. The van der Waals surface area contributed by atoms with Crippen LogP contribution in [0.3, 0.4) is 0 Å². The summed E-state index contributed by atoms with van der Waals surface area (Å²) in [7, 11) is 1.27. The molecule has 3 rings (SSSR count). The fourth-order valence-electron chi connectivity index (χ4n) is 2.94. The number of hydrogen-bond donors (Lipinski definition) is 0. The third kappa shape index (κ3) is 5.45. The number of carbonyl (C=O) groups is 3. The zero-order chi connectivity index (χ0) is 22.5. The number of amides is 1. The second-order valence-electron chi connectivity index (χ2n) is 6.67. The molecule has 0 N–H and O–H groups in total. The molecule has 9 nitrogen and oxygen atoms in total. The highest BCUT2D eigenvalue weighted by atomic mass is 35.5. The molecule has 0 spiro atoms. The lowest BCUT2D eigenvalue weighted by Gasteiger charge is -2.16. The molecular formula is C20H21ClN4O5S. The van der Waals surface area contributed by atoms with E-state index in [1.165, 1.54) is 29.8 Å². The summed E-state index contributed by atoms with van der Waals surface area (Å²) in [5, 5.41) is 5.04. The van der Waals surface area contributed by atoms with Gasteiger partial charge in [-0.05, 0) is 38.5 Å². The molecule has 0 atom stereocenters. The molecule has 2 aromatic rings. The van der Waals surface area contributed by atoms with Gasteiger partial charge in [-0.3, -0.25) is 4.79 Å². The Hall–Kier alpha value is -2.85. The van der Waals surface area contributed by atoms with Crippen molar-refractivity contribution in [2.75, 3.05) is 26.0 Å². The summed E-state index contributed by atoms with van der Waals surface area (Å²) in [4.78, 5) is 41.7. The second-order valence-corrected chi connectivity index (χ2v) is 8.07. The van der Waals surface area contributed by atoms with Crippen LogP contribution in [-0.2, 0) is 19.1 Å². The number of halogens is 1. The Morgan fingerprint density at radius 1 is 1.32 bits per heavy atom. The molecule has 0 bridgehead atoms. The van der Waals surface area contributed by atoms with Crippen molar-refractivity contribution >= 4 is 41.2 Å². The summed E-state index contributed by atoms with van der Waals surface area (Å²) < 4.78 is 11.5. The molecule has 164 valence electrons. The monoisotopic (exact) mass is 464 g/mol. The van der Waals surface area contributed by atoms with Gasteiger partial charge < -0.3 is 14.4 Å². The van der Waals surface area contributed by atoms with Crippen LogP contribution in [0.5, 0.6) is 0 Å². The molecule has 3 heterocycles. The van der Waals surface area contributed by atoms with Crippen LogP contribution in [0.25, 0.3) is 5.82 Å². The van der Waals surface area contributed by atoms with Crippen molar-refractivity contribution in [2.24, 2.45) is 0 Å². The number of nitrogens with zero attached hydrogens (tertiary/aromatic N) is 4. The molecule has 31 heavy (non-hydrogen) atoms. The summed E-state index contributed by atoms with van der Waals surface area (Å²) in [5.74, 6) is -0.605. The Morgan fingerprint density at radius 3 is 2.77 bits per heavy atom. The average Bonchev–Trinajstić information content (AvgIpc) is 3.26. The van der Waals surface area contributed by atoms with Crippen molar-refractivity contribution in [1.29, 1.82) is 0 Å². The summed E-state index contributed by atoms with van der Waals surface area (Å²) in [6.45, 7) is 4.11. The first-order chi connectivity index (χ1) is 14.8. The van der Waals surface area contributed by atoms with Gasteiger partial charge in [0.25, 0.3) is 0 Å². The van der Waals surface area contributed by atoms with Gasteiger partial charge in [0, 0.05) is 12.2 Å². The van der Waals surface area contributed by atoms with Crippen LogP contribution < -0.4 is 0 Å². The van der Waals surface area contributed by atoms with E-state index in [1.54, 1.807) is 16.8 Å². The van der Waals surface area contributed by atoms with Crippen molar-refractivity contribution in [3.05, 3.63) is 51.4 Å². The first-order valence-electron chi connectivity index (χ1n) is 9.40. The van der Waals surface area contributed by atoms with E-state index in [1.807, 2.05) is 19.9 Å². The Kier molecular flexibility index (Phi) is 7.34. The number of methoxy groups -OCH3 is 1. The highest BCUT2D eigenvalue weighted by Gasteiger charge is 2.27. The molecule has 0 aliphatic carbocycles. The summed E-state index contributed by atoms with van der Waals surface area (Å²) in [6.07, 6.45) is 1.65. The van der Waals surface area contributed by atoms with Crippen molar-refractivity contribution in [2.45, 2.75) is 20.3 Å². The van der Waals surface area contributed by atoms with Crippen molar-refractivity contribution < 1.29 is 23.9 Å². The van der Waals surface area contributed by atoms with E-state index in [0.29, 0.717) is 23.8 Å². The van der Waals surface area contributed by atoms with Crippen LogP contribution in [0.1, 0.15) is 28.3 Å². The van der Waals surface area contributed by atoms with Gasteiger partial charge in [-0.1, -0.05) is 23.4 Å². The minimum atomic E-state index is -0.666. The topological polar surface area (TPSA) is 104 Å². The van der Waals surface area contributed by atoms with Crippen LogP contribution >= 0.6 is 23.4 Å². The first-order valence-corrected chi connectivity index (χ1v) is 10.8. The molecule has 11 heteroatoms. The van der Waals surface area contributed by atoms with Crippen molar-refractivity contribution in [3.8, 4) is 5.82 Å². The largest absolute Gasteiger partial charge is 0.466 e. The maximum Gasteiger partial charge on any atom is 0.358 e. The second kappa shape index (κ2) is 9.97. The number of aryl methyl sites for hydroxylation is 2. The van der Waals surface area contributed by atoms with Gasteiger partial charge in [0.1, 0.15) is 0 Å². The number of rotatable bonds is 7. The molecule has 0 radical (unpaired) electrons. The molecule has 0 aromatic carbocycles. The number of carbonyl (C=O) groups excluding carboxylic acids is 3. The van der Waals surface area contributed by atoms with Gasteiger partial charge >= 0.3 is 11.9 Å². The SMILES string of the molecule is COC(=O)/C=C1/SCC(=O)N1CCCOC(=O)c1nc(-n2nc(C)cc2C)ccc1Cl. The highest BCUT2D eigenvalue weighted by molar-refractivity contribution is 8.04. The van der Waals surface area contributed by atoms with E-state index < -0.39 is 11.9 Å². The Morgan fingerprint density at radius 2 is 2.10 bits per heavy atom. The van der Waals surface area contributed by atoms with E-state index in [-0.39, 0.29) is 29.0 Å². The minimum absolute atomic E-state index is 0.00852. The van der Waals surface area contributed by atoms with Crippen LogP contribution in [0.4, 0.5) is 0 Å². The minimum Gasteiger partial charge on any atom is -0.466 e. The average molecular weight is 465 g/mol. The molecule has 1 aliphatic rings. The predicted octanol–water partition coefficient (Wildman–Crippen LogP) is 2.67. The lowest BCUT2D eigenvalue weighted by atomic mass is 10.3. The van der Waals surface area contributed by atoms with E-state index in [9.17, 15) is 14.4 Å². The molecule has 2 aromatic heterocycles. The zero-order valence-electron chi connectivity index (χ0n) is 17.3. The van der Waals surface area contributed by atoms with Crippen LogP contribution in [-0.4, -0.2) is 63.5 Å². The van der Waals surface area contributed by atoms with Crippen LogP contribution in [0, 0.1) is 13.8 Å². The van der Waals surface area contributed by atoms with Crippen molar-refractivity contribution in [3.63, 3.8) is 0 Å². The Bertz CT molecular complexity index is 1050. The molecule has 0 unspecified atom stereocenters. The molecule has 0 saturated carbocycles. The van der Waals surface area contributed by atoms with E-state index >= 15 is 0 Å². The molecule has 1 aliphatic heterocycles. The first kappa shape index (κ1) is 22.8.